The summed E-state index contributed by atoms with van der Waals surface area (Å²) in [5, 5.41) is 2.04. The second-order valence-corrected chi connectivity index (χ2v) is 11.1. The molecule has 0 unspecified atom stereocenters. The van der Waals surface area contributed by atoms with Gasteiger partial charge in [0.2, 0.25) is 0 Å². The second kappa shape index (κ2) is 11.6. The number of hydrogen-bond acceptors (Lipinski definition) is 3. The number of amides is 1. The van der Waals surface area contributed by atoms with Gasteiger partial charge in [-0.1, -0.05) is 91.0 Å². The zero-order valence-electron chi connectivity index (χ0n) is 22.8. The van der Waals surface area contributed by atoms with Crippen LogP contribution in [0.25, 0.3) is 10.8 Å². The molecule has 0 spiro atoms. The first-order chi connectivity index (χ1) is 19.2. The van der Waals surface area contributed by atoms with E-state index in [4.69, 9.17) is 4.74 Å². The summed E-state index contributed by atoms with van der Waals surface area (Å²) in [6.07, 6.45) is 2.40. The van der Waals surface area contributed by atoms with Crippen LogP contribution in [0.1, 0.15) is 53.1 Å². The van der Waals surface area contributed by atoms with Crippen LogP contribution >= 0.6 is 0 Å². The smallest absolute Gasteiger partial charge is 0.258 e. The van der Waals surface area contributed by atoms with Crippen LogP contribution in [0.3, 0.4) is 0 Å². The van der Waals surface area contributed by atoms with Crippen LogP contribution in [0, 0.1) is 5.92 Å². The van der Waals surface area contributed by atoms with Crippen molar-refractivity contribution in [1.82, 2.24) is 9.80 Å². The Bertz CT molecular complexity index is 1400. The Morgan fingerprint density at radius 3 is 2.18 bits per heavy atom. The first kappa shape index (κ1) is 25.6. The summed E-state index contributed by atoms with van der Waals surface area (Å²) in [6.45, 7) is 7.27. The molecule has 0 N–H and O–H groups in total. The molecule has 4 heteroatoms. The van der Waals surface area contributed by atoms with E-state index in [1.807, 2.05) is 31.2 Å². The highest BCUT2D eigenvalue weighted by atomic mass is 16.5. The Hall–Kier alpha value is -3.63. The van der Waals surface area contributed by atoms with Gasteiger partial charge in [0.15, 0.2) is 0 Å². The minimum absolute atomic E-state index is 0.0847. The van der Waals surface area contributed by atoms with Gasteiger partial charge in [0.05, 0.1) is 12.2 Å². The largest absolute Gasteiger partial charge is 0.493 e. The fraction of sp³-hybridized carbons (Fsp3) is 0.343. The summed E-state index contributed by atoms with van der Waals surface area (Å²) in [7, 11) is 0. The fourth-order valence-electron chi connectivity index (χ4n) is 6.71. The van der Waals surface area contributed by atoms with Gasteiger partial charge in [-0.3, -0.25) is 4.79 Å². The van der Waals surface area contributed by atoms with Crippen molar-refractivity contribution in [3.8, 4) is 5.75 Å². The molecule has 39 heavy (non-hydrogen) atoms. The van der Waals surface area contributed by atoms with Crippen LogP contribution in [-0.2, 0) is 0 Å². The summed E-state index contributed by atoms with van der Waals surface area (Å²) in [6, 6.07) is 33.9. The molecule has 0 aromatic heterocycles. The predicted molar refractivity (Wildman–Crippen MR) is 159 cm³/mol. The molecule has 2 atom stereocenters. The van der Waals surface area contributed by atoms with Gasteiger partial charge in [-0.05, 0) is 72.7 Å². The predicted octanol–water partition coefficient (Wildman–Crippen LogP) is 6.97. The van der Waals surface area contributed by atoms with E-state index in [2.05, 4.69) is 82.6 Å². The Balaban J connectivity index is 1.23. The summed E-state index contributed by atoms with van der Waals surface area (Å²) < 4.78 is 5.98. The van der Waals surface area contributed by atoms with Crippen molar-refractivity contribution in [2.75, 3.05) is 39.3 Å². The number of ether oxygens (including phenoxy) is 1. The second-order valence-electron chi connectivity index (χ2n) is 11.1. The molecular formula is C35H38N2O2. The minimum Gasteiger partial charge on any atom is -0.493 e. The van der Waals surface area contributed by atoms with Gasteiger partial charge in [-0.25, -0.2) is 0 Å². The number of rotatable bonds is 7. The number of likely N-dealkylation sites (tertiary alicyclic amines) is 2. The zero-order chi connectivity index (χ0) is 26.6. The molecule has 4 aromatic rings. The van der Waals surface area contributed by atoms with Gasteiger partial charge >= 0.3 is 0 Å². The van der Waals surface area contributed by atoms with Gasteiger partial charge in [-0.15, -0.1) is 0 Å². The standard InChI is InChI=1S/C35H38N2O2/c1-2-39-33-18-17-29-15-9-10-16-31(29)34(33)35(38)37-24-30(32(25-37)28-13-7-4-8-14-28)23-36-21-19-27(20-22-36)26-11-5-3-6-12-26/h3-18,27,30,32H,2,19-25H2,1H3/t30-,32+/m0/s1. The Labute approximate surface area is 232 Å². The number of carbonyl (C=O) groups excluding carboxylic acids is 1. The summed E-state index contributed by atoms with van der Waals surface area (Å²) >= 11 is 0. The Morgan fingerprint density at radius 1 is 0.795 bits per heavy atom. The quantitative estimate of drug-likeness (QED) is 0.265. The summed E-state index contributed by atoms with van der Waals surface area (Å²) in [4.78, 5) is 18.9. The van der Waals surface area contributed by atoms with E-state index >= 15 is 0 Å². The van der Waals surface area contributed by atoms with Crippen molar-refractivity contribution in [1.29, 1.82) is 0 Å². The number of carbonyl (C=O) groups is 1. The first-order valence-electron chi connectivity index (χ1n) is 14.5. The average molecular weight is 519 g/mol. The first-order valence-corrected chi connectivity index (χ1v) is 14.5. The molecule has 0 bridgehead atoms. The van der Waals surface area contributed by atoms with Crippen molar-refractivity contribution in [2.45, 2.75) is 31.6 Å². The molecule has 0 aliphatic carbocycles. The molecule has 4 aromatic carbocycles. The highest BCUT2D eigenvalue weighted by Gasteiger charge is 2.39. The third-order valence-corrected chi connectivity index (χ3v) is 8.71. The number of nitrogens with zero attached hydrogens (tertiary/aromatic N) is 2. The molecular weight excluding hydrogens is 480 g/mol. The molecule has 2 heterocycles. The van der Waals surface area contributed by atoms with E-state index in [1.54, 1.807) is 0 Å². The minimum atomic E-state index is 0.0847. The molecule has 4 nitrogen and oxygen atoms in total. The van der Waals surface area contributed by atoms with E-state index in [1.165, 1.54) is 24.0 Å². The van der Waals surface area contributed by atoms with Crippen molar-refractivity contribution < 1.29 is 9.53 Å². The van der Waals surface area contributed by atoms with Crippen molar-refractivity contribution >= 4 is 16.7 Å². The number of fused-ring (bicyclic) bond motifs is 1. The third-order valence-electron chi connectivity index (χ3n) is 8.71. The lowest BCUT2D eigenvalue weighted by Crippen LogP contribution is -2.38. The maximum absolute atomic E-state index is 14.2. The highest BCUT2D eigenvalue weighted by molar-refractivity contribution is 6.09. The van der Waals surface area contributed by atoms with Crippen LogP contribution in [0.5, 0.6) is 5.75 Å². The Kier molecular flexibility index (Phi) is 7.64. The van der Waals surface area contributed by atoms with E-state index in [9.17, 15) is 4.79 Å². The number of piperidine rings is 1. The molecule has 1 amide bonds. The number of hydrogen-bond donors (Lipinski definition) is 0. The van der Waals surface area contributed by atoms with Crippen molar-refractivity contribution in [2.24, 2.45) is 5.92 Å². The van der Waals surface area contributed by atoms with E-state index in [0.717, 1.165) is 43.5 Å². The lowest BCUT2D eigenvalue weighted by atomic mass is 9.86. The van der Waals surface area contributed by atoms with Crippen LogP contribution in [0.15, 0.2) is 97.1 Å². The van der Waals surface area contributed by atoms with Gasteiger partial charge in [-0.2, -0.15) is 0 Å². The Morgan fingerprint density at radius 2 is 1.46 bits per heavy atom. The molecule has 2 saturated heterocycles. The molecule has 0 radical (unpaired) electrons. The van der Waals surface area contributed by atoms with Crippen LogP contribution in [-0.4, -0.2) is 55.0 Å². The molecule has 2 aliphatic rings. The van der Waals surface area contributed by atoms with Gasteiger partial charge < -0.3 is 14.5 Å². The van der Waals surface area contributed by atoms with E-state index in [0.29, 0.717) is 35.7 Å². The van der Waals surface area contributed by atoms with Crippen LogP contribution in [0.4, 0.5) is 0 Å². The highest BCUT2D eigenvalue weighted by Crippen LogP contribution is 2.38. The molecule has 0 saturated carbocycles. The van der Waals surface area contributed by atoms with Crippen LogP contribution < -0.4 is 4.74 Å². The van der Waals surface area contributed by atoms with Gasteiger partial charge in [0, 0.05) is 25.6 Å². The summed E-state index contributed by atoms with van der Waals surface area (Å²) in [5.74, 6) is 2.14. The SMILES string of the molecule is CCOc1ccc2ccccc2c1C(=O)N1C[C@H](CN2CCC(c3ccccc3)CC2)[C@@H](c2ccccc2)C1. The molecule has 2 aliphatic heterocycles. The molecule has 200 valence electrons. The van der Waals surface area contributed by atoms with Gasteiger partial charge in [0.1, 0.15) is 5.75 Å². The zero-order valence-corrected chi connectivity index (χ0v) is 22.8. The lowest BCUT2D eigenvalue weighted by molar-refractivity contribution is 0.0779. The van der Waals surface area contributed by atoms with Crippen LogP contribution in [0.2, 0.25) is 0 Å². The third kappa shape index (κ3) is 5.44. The maximum atomic E-state index is 14.2. The normalized spacial score (nSPS) is 20.4. The molecule has 2 fully saturated rings. The van der Waals surface area contributed by atoms with Gasteiger partial charge in [0.25, 0.3) is 5.91 Å². The van der Waals surface area contributed by atoms with Crippen molar-refractivity contribution in [3.63, 3.8) is 0 Å². The fourth-order valence-corrected chi connectivity index (χ4v) is 6.71. The number of benzene rings is 4. The maximum Gasteiger partial charge on any atom is 0.258 e. The van der Waals surface area contributed by atoms with Crippen molar-refractivity contribution in [3.05, 3.63) is 114 Å². The topological polar surface area (TPSA) is 32.8 Å². The van der Waals surface area contributed by atoms with E-state index in [-0.39, 0.29) is 5.91 Å². The average Bonchev–Trinajstić information content (AvgIpc) is 3.42. The van der Waals surface area contributed by atoms with E-state index < -0.39 is 0 Å². The monoisotopic (exact) mass is 518 g/mol. The molecule has 6 rings (SSSR count). The summed E-state index contributed by atoms with van der Waals surface area (Å²) in [5.41, 5.74) is 3.50. The lowest BCUT2D eigenvalue weighted by Gasteiger charge is -2.34.